The molecule has 0 bridgehead atoms. The summed E-state index contributed by atoms with van der Waals surface area (Å²) >= 11 is 0. The van der Waals surface area contributed by atoms with Crippen molar-refractivity contribution in [3.05, 3.63) is 59.7 Å². The van der Waals surface area contributed by atoms with E-state index < -0.39 is 11.7 Å². The number of nitrogens with one attached hydrogen (secondary N) is 1. The number of halogens is 1. The molecule has 0 saturated carbocycles. The van der Waals surface area contributed by atoms with Crippen LogP contribution in [0.1, 0.15) is 40.7 Å². The van der Waals surface area contributed by atoms with Crippen LogP contribution in [0.5, 0.6) is 0 Å². The van der Waals surface area contributed by atoms with E-state index in [2.05, 4.69) is 10.3 Å². The van der Waals surface area contributed by atoms with E-state index >= 15 is 0 Å². The van der Waals surface area contributed by atoms with Crippen molar-refractivity contribution >= 4 is 17.5 Å². The maximum Gasteiger partial charge on any atom is 0.274 e. The van der Waals surface area contributed by atoms with E-state index in [0.29, 0.717) is 12.2 Å². The fraction of sp³-hybridized carbons (Fsp3) is 0.278. The third-order valence-electron chi connectivity index (χ3n) is 3.48. The van der Waals surface area contributed by atoms with E-state index in [1.807, 2.05) is 6.92 Å². The number of amides is 2. The second-order valence-electron chi connectivity index (χ2n) is 5.45. The third-order valence-corrected chi connectivity index (χ3v) is 3.48. The van der Waals surface area contributed by atoms with Gasteiger partial charge in [0.15, 0.2) is 0 Å². The van der Waals surface area contributed by atoms with Crippen molar-refractivity contribution in [1.82, 2.24) is 9.88 Å². The summed E-state index contributed by atoms with van der Waals surface area (Å²) in [6.07, 6.45) is 1.89. The molecule has 2 amide bonds. The van der Waals surface area contributed by atoms with Crippen molar-refractivity contribution in [2.24, 2.45) is 0 Å². The van der Waals surface area contributed by atoms with Gasteiger partial charge in [-0.3, -0.25) is 9.59 Å². The third kappa shape index (κ3) is 4.62. The number of carbonyl (C=O) groups excluding carboxylic acids is 2. The molecule has 1 N–H and O–H groups in total. The predicted molar refractivity (Wildman–Crippen MR) is 90.5 cm³/mol. The molecule has 0 unspecified atom stereocenters. The van der Waals surface area contributed by atoms with Crippen LogP contribution >= 0.6 is 0 Å². The lowest BCUT2D eigenvalue weighted by atomic mass is 10.2. The monoisotopic (exact) mass is 329 g/mol. The molecule has 0 spiro atoms. The maximum absolute atomic E-state index is 13.2. The van der Waals surface area contributed by atoms with E-state index in [-0.39, 0.29) is 17.3 Å². The van der Waals surface area contributed by atoms with E-state index in [4.69, 9.17) is 0 Å². The SMILES string of the molecule is CCCCN(C)C(=O)c1cccc(C(=O)Nc2cccc(F)c2)n1. The number of rotatable bonds is 6. The summed E-state index contributed by atoms with van der Waals surface area (Å²) in [5.41, 5.74) is 0.646. The molecule has 0 aliphatic heterocycles. The fourth-order valence-corrected chi connectivity index (χ4v) is 2.13. The van der Waals surface area contributed by atoms with Gasteiger partial charge < -0.3 is 10.2 Å². The van der Waals surface area contributed by atoms with Crippen molar-refractivity contribution in [3.63, 3.8) is 0 Å². The van der Waals surface area contributed by atoms with Crippen LogP contribution in [0.4, 0.5) is 10.1 Å². The van der Waals surface area contributed by atoms with Crippen LogP contribution in [0.2, 0.25) is 0 Å². The number of unbranched alkanes of at least 4 members (excludes halogenated alkanes) is 1. The Labute approximate surface area is 140 Å². The smallest absolute Gasteiger partial charge is 0.274 e. The highest BCUT2D eigenvalue weighted by atomic mass is 19.1. The minimum Gasteiger partial charge on any atom is -0.340 e. The first-order valence-corrected chi connectivity index (χ1v) is 7.80. The highest BCUT2D eigenvalue weighted by molar-refractivity contribution is 6.03. The number of benzene rings is 1. The first-order valence-electron chi connectivity index (χ1n) is 7.80. The topological polar surface area (TPSA) is 62.3 Å². The second-order valence-corrected chi connectivity index (χ2v) is 5.45. The molecule has 0 aliphatic carbocycles. The summed E-state index contributed by atoms with van der Waals surface area (Å²) in [5, 5.41) is 2.56. The summed E-state index contributed by atoms with van der Waals surface area (Å²) in [6, 6.07) is 10.3. The Bertz CT molecular complexity index is 734. The van der Waals surface area contributed by atoms with E-state index in [0.717, 1.165) is 12.8 Å². The number of hydrogen-bond donors (Lipinski definition) is 1. The standard InChI is InChI=1S/C18H20FN3O2/c1-3-4-11-22(2)18(24)16-10-6-9-15(21-16)17(23)20-14-8-5-7-13(19)12-14/h5-10,12H,3-4,11H2,1-2H3,(H,20,23). The number of aromatic nitrogens is 1. The Morgan fingerprint density at radius 3 is 2.58 bits per heavy atom. The van der Waals surface area contributed by atoms with E-state index in [1.165, 1.54) is 24.3 Å². The number of carbonyl (C=O) groups is 2. The quantitative estimate of drug-likeness (QED) is 0.884. The van der Waals surface area contributed by atoms with Crippen LogP contribution in [0, 0.1) is 5.82 Å². The zero-order valence-electron chi connectivity index (χ0n) is 13.8. The summed E-state index contributed by atoms with van der Waals surface area (Å²) in [4.78, 5) is 30.2. The van der Waals surface area contributed by atoms with Gasteiger partial charge in [0.1, 0.15) is 17.2 Å². The number of hydrogen-bond acceptors (Lipinski definition) is 3. The summed E-state index contributed by atoms with van der Waals surface area (Å²) in [5.74, 6) is -1.17. The van der Waals surface area contributed by atoms with Gasteiger partial charge in [-0.05, 0) is 36.8 Å². The number of nitrogens with zero attached hydrogens (tertiary/aromatic N) is 2. The molecule has 2 rings (SSSR count). The molecular formula is C18H20FN3O2. The van der Waals surface area contributed by atoms with E-state index in [1.54, 1.807) is 30.1 Å². The predicted octanol–water partition coefficient (Wildman–Crippen LogP) is 3.35. The molecule has 1 aromatic heterocycles. The minimum absolute atomic E-state index is 0.106. The molecule has 0 fully saturated rings. The van der Waals surface area contributed by atoms with Crippen LogP contribution in [0.25, 0.3) is 0 Å². The Morgan fingerprint density at radius 2 is 1.88 bits per heavy atom. The largest absolute Gasteiger partial charge is 0.340 e. The van der Waals surface area contributed by atoms with Crippen molar-refractivity contribution in [1.29, 1.82) is 0 Å². The van der Waals surface area contributed by atoms with Crippen LogP contribution in [0.15, 0.2) is 42.5 Å². The Hall–Kier alpha value is -2.76. The van der Waals surface area contributed by atoms with Gasteiger partial charge in [-0.2, -0.15) is 0 Å². The molecule has 24 heavy (non-hydrogen) atoms. The average Bonchev–Trinajstić information content (AvgIpc) is 2.59. The molecule has 1 heterocycles. The van der Waals surface area contributed by atoms with E-state index in [9.17, 15) is 14.0 Å². The normalized spacial score (nSPS) is 10.3. The first kappa shape index (κ1) is 17.6. The van der Waals surface area contributed by atoms with Gasteiger partial charge in [-0.25, -0.2) is 9.37 Å². The molecule has 0 aliphatic rings. The minimum atomic E-state index is -0.494. The van der Waals surface area contributed by atoms with Crippen molar-refractivity contribution in [2.45, 2.75) is 19.8 Å². The molecule has 126 valence electrons. The summed E-state index contributed by atoms with van der Waals surface area (Å²) in [6.45, 7) is 2.69. The lowest BCUT2D eigenvalue weighted by Crippen LogP contribution is -2.29. The van der Waals surface area contributed by atoms with Gasteiger partial charge in [0.25, 0.3) is 11.8 Å². The molecule has 0 radical (unpaired) electrons. The zero-order chi connectivity index (χ0) is 17.5. The average molecular weight is 329 g/mol. The molecule has 0 saturated heterocycles. The first-order chi connectivity index (χ1) is 11.5. The van der Waals surface area contributed by atoms with Gasteiger partial charge in [0.05, 0.1) is 0 Å². The number of pyridine rings is 1. The van der Waals surface area contributed by atoms with Crippen molar-refractivity contribution in [2.75, 3.05) is 18.9 Å². The Morgan fingerprint density at radius 1 is 1.17 bits per heavy atom. The Balaban J connectivity index is 2.11. The van der Waals surface area contributed by atoms with Crippen LogP contribution < -0.4 is 5.32 Å². The number of anilines is 1. The van der Waals surface area contributed by atoms with Gasteiger partial charge >= 0.3 is 0 Å². The molecule has 2 aromatic rings. The van der Waals surface area contributed by atoms with Crippen LogP contribution in [0.3, 0.4) is 0 Å². The van der Waals surface area contributed by atoms with Gasteiger partial charge in [0, 0.05) is 19.3 Å². The van der Waals surface area contributed by atoms with Crippen LogP contribution in [-0.2, 0) is 0 Å². The highest BCUT2D eigenvalue weighted by Gasteiger charge is 2.15. The summed E-state index contributed by atoms with van der Waals surface area (Å²) < 4.78 is 13.2. The van der Waals surface area contributed by atoms with Crippen molar-refractivity contribution < 1.29 is 14.0 Å². The van der Waals surface area contributed by atoms with Gasteiger partial charge in [-0.15, -0.1) is 0 Å². The van der Waals surface area contributed by atoms with Crippen molar-refractivity contribution in [3.8, 4) is 0 Å². The second kappa shape index (κ2) is 8.19. The highest BCUT2D eigenvalue weighted by Crippen LogP contribution is 2.11. The zero-order valence-corrected chi connectivity index (χ0v) is 13.8. The molecule has 5 nitrogen and oxygen atoms in total. The lowest BCUT2D eigenvalue weighted by molar-refractivity contribution is 0.0787. The molecule has 6 heteroatoms. The van der Waals surface area contributed by atoms with Gasteiger partial charge in [-0.1, -0.05) is 25.5 Å². The van der Waals surface area contributed by atoms with Gasteiger partial charge in [0.2, 0.25) is 0 Å². The summed E-state index contributed by atoms with van der Waals surface area (Å²) in [7, 11) is 1.71. The van der Waals surface area contributed by atoms with Crippen LogP contribution in [-0.4, -0.2) is 35.3 Å². The molecular weight excluding hydrogens is 309 g/mol. The fourth-order valence-electron chi connectivity index (χ4n) is 2.13. The molecule has 1 aromatic carbocycles. The molecule has 0 atom stereocenters. The lowest BCUT2D eigenvalue weighted by Gasteiger charge is -2.16. The Kier molecular flexibility index (Phi) is 6.01. The maximum atomic E-state index is 13.2.